The first kappa shape index (κ1) is 19.2. The Hall–Kier alpha value is -2.62. The van der Waals surface area contributed by atoms with Crippen LogP contribution in [0.25, 0.3) is 0 Å². The smallest absolute Gasteiger partial charge is 0.251 e. The molecule has 2 aliphatic heterocycles. The number of rotatable bonds is 0. The van der Waals surface area contributed by atoms with Crippen LogP contribution in [-0.2, 0) is 24.3 Å². The van der Waals surface area contributed by atoms with Gasteiger partial charge in [0, 0.05) is 25.1 Å². The molecule has 4 heteroatoms. The lowest BCUT2D eigenvalue weighted by Crippen LogP contribution is -2.23. The molecule has 0 radical (unpaired) electrons. The van der Waals surface area contributed by atoms with Crippen molar-refractivity contribution in [2.24, 2.45) is 0 Å². The summed E-state index contributed by atoms with van der Waals surface area (Å²) < 4.78 is 0. The Morgan fingerprint density at radius 1 is 0.630 bits per heavy atom. The lowest BCUT2D eigenvalue weighted by molar-refractivity contribution is -0.121. The van der Waals surface area contributed by atoms with Crippen molar-refractivity contribution < 1.29 is 9.59 Å². The van der Waals surface area contributed by atoms with Gasteiger partial charge in [0.15, 0.2) is 0 Å². The SMILES string of the molecule is O=C1CCCCCCCc2cccc(c2)C(=O)NCc2ccc(cc2)CN1. The maximum atomic E-state index is 12.4. The summed E-state index contributed by atoms with van der Waals surface area (Å²) in [4.78, 5) is 24.4. The Morgan fingerprint density at radius 3 is 2.00 bits per heavy atom. The van der Waals surface area contributed by atoms with E-state index in [-0.39, 0.29) is 11.8 Å². The van der Waals surface area contributed by atoms with E-state index in [0.717, 1.165) is 55.2 Å². The molecular formula is C23H28N2O2. The van der Waals surface area contributed by atoms with Crippen LogP contribution >= 0.6 is 0 Å². The van der Waals surface area contributed by atoms with Gasteiger partial charge in [0.05, 0.1) is 0 Å². The number of benzene rings is 2. The highest BCUT2D eigenvalue weighted by molar-refractivity contribution is 5.94. The van der Waals surface area contributed by atoms with Gasteiger partial charge in [0.2, 0.25) is 5.91 Å². The van der Waals surface area contributed by atoms with Crippen molar-refractivity contribution in [1.29, 1.82) is 0 Å². The molecule has 2 aliphatic rings. The number of amides is 2. The van der Waals surface area contributed by atoms with E-state index in [1.54, 1.807) is 0 Å². The molecule has 4 nitrogen and oxygen atoms in total. The van der Waals surface area contributed by atoms with E-state index in [1.165, 1.54) is 5.56 Å². The summed E-state index contributed by atoms with van der Waals surface area (Å²) in [7, 11) is 0. The largest absolute Gasteiger partial charge is 0.352 e. The summed E-state index contributed by atoms with van der Waals surface area (Å²) in [6.45, 7) is 1.05. The van der Waals surface area contributed by atoms with E-state index >= 15 is 0 Å². The predicted molar refractivity (Wildman–Crippen MR) is 107 cm³/mol. The molecule has 2 aromatic carbocycles. The third kappa shape index (κ3) is 6.24. The molecule has 27 heavy (non-hydrogen) atoms. The van der Waals surface area contributed by atoms with E-state index < -0.39 is 0 Å². The molecule has 4 bridgehead atoms. The van der Waals surface area contributed by atoms with E-state index in [2.05, 4.69) is 16.7 Å². The summed E-state index contributed by atoms with van der Waals surface area (Å²) >= 11 is 0. The Kier molecular flexibility index (Phi) is 7.03. The quantitative estimate of drug-likeness (QED) is 0.738. The van der Waals surface area contributed by atoms with Crippen LogP contribution in [0.15, 0.2) is 48.5 Å². The van der Waals surface area contributed by atoms with Gasteiger partial charge in [-0.1, -0.05) is 55.7 Å². The molecule has 2 heterocycles. The lowest BCUT2D eigenvalue weighted by atomic mass is 10.0. The van der Waals surface area contributed by atoms with Crippen LogP contribution in [0.3, 0.4) is 0 Å². The topological polar surface area (TPSA) is 58.2 Å². The molecule has 0 aromatic heterocycles. The second-order valence-corrected chi connectivity index (χ2v) is 7.24. The van der Waals surface area contributed by atoms with Gasteiger partial charge in [-0.15, -0.1) is 0 Å². The van der Waals surface area contributed by atoms with Crippen molar-refractivity contribution in [3.63, 3.8) is 0 Å². The van der Waals surface area contributed by atoms with Gasteiger partial charge in [0.1, 0.15) is 0 Å². The first-order valence-corrected chi connectivity index (χ1v) is 9.92. The minimum Gasteiger partial charge on any atom is -0.352 e. The van der Waals surface area contributed by atoms with Crippen LogP contribution in [-0.4, -0.2) is 11.8 Å². The lowest BCUT2D eigenvalue weighted by Gasteiger charge is -2.10. The second-order valence-electron chi connectivity index (χ2n) is 7.24. The number of carbonyl (C=O) groups excluding carboxylic acids is 2. The molecule has 2 aromatic rings. The summed E-state index contributed by atoms with van der Waals surface area (Å²) in [5.74, 6) is 0.0835. The van der Waals surface area contributed by atoms with Gasteiger partial charge >= 0.3 is 0 Å². The number of fused-ring (bicyclic) bond motifs is 13. The van der Waals surface area contributed by atoms with Crippen LogP contribution in [0.5, 0.6) is 0 Å². The Balaban J connectivity index is 1.68. The maximum absolute atomic E-state index is 12.4. The summed E-state index contributed by atoms with van der Waals surface area (Å²) in [6.07, 6.45) is 7.04. The first-order valence-electron chi connectivity index (χ1n) is 9.92. The summed E-state index contributed by atoms with van der Waals surface area (Å²) in [5.41, 5.74) is 4.05. The van der Waals surface area contributed by atoms with Crippen LogP contribution in [0, 0.1) is 0 Å². The molecular weight excluding hydrogens is 336 g/mol. The molecule has 0 fully saturated rings. The summed E-state index contributed by atoms with van der Waals surface area (Å²) in [5, 5.41) is 5.97. The number of nitrogens with one attached hydrogen (secondary N) is 2. The van der Waals surface area contributed by atoms with Gasteiger partial charge in [-0.2, -0.15) is 0 Å². The highest BCUT2D eigenvalue weighted by Crippen LogP contribution is 2.13. The molecule has 0 atom stereocenters. The average Bonchev–Trinajstić information content (AvgIpc) is 2.70. The highest BCUT2D eigenvalue weighted by Gasteiger charge is 2.07. The minimum absolute atomic E-state index is 0.0393. The molecule has 0 spiro atoms. The van der Waals surface area contributed by atoms with Crippen LogP contribution < -0.4 is 10.6 Å². The van der Waals surface area contributed by atoms with Crippen molar-refractivity contribution in [2.45, 2.75) is 58.0 Å². The number of carbonyl (C=O) groups is 2. The molecule has 0 saturated carbocycles. The predicted octanol–water partition coefficient (Wildman–Crippen LogP) is 4.13. The van der Waals surface area contributed by atoms with Crippen molar-refractivity contribution in [3.8, 4) is 0 Å². The van der Waals surface area contributed by atoms with Gasteiger partial charge < -0.3 is 10.6 Å². The van der Waals surface area contributed by atoms with Gasteiger partial charge in [-0.25, -0.2) is 0 Å². The Labute approximate surface area is 161 Å². The third-order valence-electron chi connectivity index (χ3n) is 5.02. The molecule has 0 aliphatic carbocycles. The standard InChI is InChI=1S/C23H28N2O2/c26-22-10-5-3-1-2-4-7-18-8-6-9-21(15-18)23(27)25-17-20-13-11-19(12-14-20)16-24-22/h6,8-9,11-15H,1-5,7,10,16-17H2,(H,24,26)(H,25,27). The zero-order chi connectivity index (χ0) is 18.9. The fourth-order valence-electron chi connectivity index (χ4n) is 3.36. The number of hydrogen-bond donors (Lipinski definition) is 2. The molecule has 4 rings (SSSR count). The van der Waals surface area contributed by atoms with Crippen LogP contribution in [0.1, 0.15) is 65.6 Å². The molecule has 2 amide bonds. The first-order chi connectivity index (χ1) is 13.2. The van der Waals surface area contributed by atoms with Crippen molar-refractivity contribution >= 4 is 11.8 Å². The molecule has 0 unspecified atom stereocenters. The third-order valence-corrected chi connectivity index (χ3v) is 5.02. The van der Waals surface area contributed by atoms with Gasteiger partial charge in [-0.3, -0.25) is 9.59 Å². The van der Waals surface area contributed by atoms with E-state index in [9.17, 15) is 9.59 Å². The fraction of sp³-hybridized carbons (Fsp3) is 0.391. The highest BCUT2D eigenvalue weighted by atomic mass is 16.2. The van der Waals surface area contributed by atoms with Crippen LogP contribution in [0.2, 0.25) is 0 Å². The zero-order valence-electron chi connectivity index (χ0n) is 15.8. The van der Waals surface area contributed by atoms with Crippen molar-refractivity contribution in [1.82, 2.24) is 10.6 Å². The molecule has 142 valence electrons. The van der Waals surface area contributed by atoms with E-state index in [1.807, 2.05) is 42.5 Å². The fourth-order valence-corrected chi connectivity index (χ4v) is 3.36. The summed E-state index contributed by atoms with van der Waals surface area (Å²) in [6, 6.07) is 15.9. The van der Waals surface area contributed by atoms with E-state index in [0.29, 0.717) is 19.5 Å². The molecule has 2 N–H and O–H groups in total. The van der Waals surface area contributed by atoms with Crippen molar-refractivity contribution in [3.05, 3.63) is 70.8 Å². The van der Waals surface area contributed by atoms with Crippen LogP contribution in [0.4, 0.5) is 0 Å². The Bertz CT molecular complexity index is 768. The average molecular weight is 364 g/mol. The normalized spacial score (nSPS) is 17.0. The second kappa shape index (κ2) is 9.91. The minimum atomic E-state index is -0.0393. The number of hydrogen-bond acceptors (Lipinski definition) is 2. The molecule has 0 saturated heterocycles. The van der Waals surface area contributed by atoms with Gasteiger partial charge in [-0.05, 0) is 48.1 Å². The van der Waals surface area contributed by atoms with E-state index in [4.69, 9.17) is 0 Å². The van der Waals surface area contributed by atoms with Gasteiger partial charge in [0.25, 0.3) is 5.91 Å². The maximum Gasteiger partial charge on any atom is 0.251 e. The number of aryl methyl sites for hydroxylation is 1. The zero-order valence-corrected chi connectivity index (χ0v) is 15.8. The van der Waals surface area contributed by atoms with Crippen molar-refractivity contribution in [2.75, 3.05) is 0 Å². The Morgan fingerprint density at radius 2 is 1.26 bits per heavy atom. The monoisotopic (exact) mass is 364 g/mol.